The minimum absolute atomic E-state index is 0.0461. The molecular formula is C12H22N4O3. The quantitative estimate of drug-likeness (QED) is 0.581. The number of hydrogen-bond donors (Lipinski definition) is 2. The molecule has 0 bridgehead atoms. The van der Waals surface area contributed by atoms with Crippen LogP contribution in [0.5, 0.6) is 0 Å². The molecule has 7 nitrogen and oxygen atoms in total. The molecule has 1 heterocycles. The van der Waals surface area contributed by atoms with E-state index in [1.807, 2.05) is 20.8 Å². The van der Waals surface area contributed by atoms with Crippen molar-refractivity contribution in [1.29, 1.82) is 0 Å². The van der Waals surface area contributed by atoms with Gasteiger partial charge in [0.25, 0.3) is 0 Å². The molecular weight excluding hydrogens is 248 g/mol. The van der Waals surface area contributed by atoms with Crippen LogP contribution in [0.4, 0.5) is 11.5 Å². The lowest BCUT2D eigenvalue weighted by Crippen LogP contribution is -2.25. The average Bonchev–Trinajstić information content (AvgIpc) is 2.63. The van der Waals surface area contributed by atoms with E-state index in [0.717, 1.165) is 0 Å². The zero-order valence-electron chi connectivity index (χ0n) is 11.9. The van der Waals surface area contributed by atoms with Gasteiger partial charge in [-0.15, -0.1) is 0 Å². The van der Waals surface area contributed by atoms with Crippen LogP contribution in [0.3, 0.4) is 0 Å². The van der Waals surface area contributed by atoms with Crippen molar-refractivity contribution in [1.82, 2.24) is 9.78 Å². The van der Waals surface area contributed by atoms with E-state index in [4.69, 9.17) is 5.11 Å². The fourth-order valence-corrected chi connectivity index (χ4v) is 1.91. The molecule has 0 amide bonds. The van der Waals surface area contributed by atoms with Crippen LogP contribution in [0.1, 0.15) is 32.9 Å². The van der Waals surface area contributed by atoms with Gasteiger partial charge in [-0.3, -0.25) is 10.1 Å². The zero-order valence-corrected chi connectivity index (χ0v) is 11.9. The highest BCUT2D eigenvalue weighted by Crippen LogP contribution is 2.30. The highest BCUT2D eigenvalue weighted by atomic mass is 16.6. The molecule has 0 aromatic carbocycles. The molecule has 1 aromatic heterocycles. The number of aliphatic hydroxyl groups is 1. The normalized spacial score (nSPS) is 11.6. The second kappa shape index (κ2) is 6.01. The number of nitrogens with zero attached hydrogens (tertiary/aromatic N) is 3. The van der Waals surface area contributed by atoms with Gasteiger partial charge < -0.3 is 10.4 Å². The topological polar surface area (TPSA) is 93.2 Å². The predicted octanol–water partition coefficient (Wildman–Crippen LogP) is 1.71. The van der Waals surface area contributed by atoms with Crippen molar-refractivity contribution in [3.8, 4) is 0 Å². The molecule has 2 N–H and O–H groups in total. The largest absolute Gasteiger partial charge is 0.396 e. The van der Waals surface area contributed by atoms with Crippen molar-refractivity contribution in [2.75, 3.05) is 18.5 Å². The Labute approximate surface area is 112 Å². The van der Waals surface area contributed by atoms with Gasteiger partial charge in [0.2, 0.25) is 5.82 Å². The van der Waals surface area contributed by atoms with Crippen LogP contribution in [-0.2, 0) is 13.5 Å². The average molecular weight is 270 g/mol. The fraction of sp³-hybridized carbons (Fsp3) is 0.750. The molecule has 0 aliphatic heterocycles. The highest BCUT2D eigenvalue weighted by molar-refractivity contribution is 5.59. The van der Waals surface area contributed by atoms with E-state index in [9.17, 15) is 10.1 Å². The van der Waals surface area contributed by atoms with Gasteiger partial charge in [-0.25, -0.2) is 4.68 Å². The molecule has 0 spiro atoms. The van der Waals surface area contributed by atoms with Gasteiger partial charge in [0.15, 0.2) is 0 Å². The van der Waals surface area contributed by atoms with E-state index in [1.54, 1.807) is 7.05 Å². The van der Waals surface area contributed by atoms with E-state index in [-0.39, 0.29) is 17.7 Å². The number of nitro groups is 1. The Balaban J connectivity index is 2.95. The van der Waals surface area contributed by atoms with Crippen LogP contribution in [0.15, 0.2) is 0 Å². The van der Waals surface area contributed by atoms with Crippen LogP contribution in [-0.4, -0.2) is 33.0 Å². The number of aromatic nitrogens is 2. The molecule has 108 valence electrons. The number of nitrogens with one attached hydrogen (secondary N) is 1. The molecule has 0 atom stereocenters. The number of anilines is 1. The van der Waals surface area contributed by atoms with Crippen LogP contribution in [0.25, 0.3) is 0 Å². The minimum atomic E-state index is -0.396. The lowest BCUT2D eigenvalue weighted by Gasteiger charge is -2.24. The van der Waals surface area contributed by atoms with Crippen molar-refractivity contribution in [3.63, 3.8) is 0 Å². The Morgan fingerprint density at radius 3 is 2.63 bits per heavy atom. The molecule has 0 saturated carbocycles. The number of rotatable bonds is 7. The van der Waals surface area contributed by atoms with Gasteiger partial charge in [-0.2, -0.15) is 5.10 Å². The standard InChI is InChI=1S/C12H22N4O3/c1-5-9-10(16(18)19)11(15(4)14-9)13-8-12(2,3)6-7-17/h13,17H,5-8H2,1-4H3. The Bertz CT molecular complexity index is 454. The first-order valence-electron chi connectivity index (χ1n) is 6.37. The lowest BCUT2D eigenvalue weighted by atomic mass is 9.90. The molecule has 1 rings (SSSR count). The van der Waals surface area contributed by atoms with E-state index >= 15 is 0 Å². The van der Waals surface area contributed by atoms with Gasteiger partial charge in [-0.1, -0.05) is 20.8 Å². The molecule has 0 saturated heterocycles. The fourth-order valence-electron chi connectivity index (χ4n) is 1.91. The molecule has 19 heavy (non-hydrogen) atoms. The third-order valence-corrected chi connectivity index (χ3v) is 3.13. The molecule has 0 unspecified atom stereocenters. The Morgan fingerprint density at radius 2 is 2.16 bits per heavy atom. The molecule has 0 aliphatic rings. The summed E-state index contributed by atoms with van der Waals surface area (Å²) in [7, 11) is 1.69. The molecule has 0 fully saturated rings. The zero-order chi connectivity index (χ0) is 14.6. The van der Waals surface area contributed by atoms with Crippen molar-refractivity contribution < 1.29 is 10.0 Å². The maximum absolute atomic E-state index is 11.1. The van der Waals surface area contributed by atoms with Gasteiger partial charge in [-0.05, 0) is 18.3 Å². The summed E-state index contributed by atoms with van der Waals surface area (Å²) in [5.74, 6) is 0.424. The summed E-state index contributed by atoms with van der Waals surface area (Å²) in [6, 6.07) is 0. The van der Waals surface area contributed by atoms with E-state index in [2.05, 4.69) is 10.4 Å². The number of aryl methyl sites for hydroxylation is 2. The molecule has 0 radical (unpaired) electrons. The second-order valence-electron chi connectivity index (χ2n) is 5.37. The SMILES string of the molecule is CCc1nn(C)c(NCC(C)(C)CCO)c1[N+](=O)[O-]. The van der Waals surface area contributed by atoms with Crippen molar-refractivity contribution >= 4 is 11.5 Å². The second-order valence-corrected chi connectivity index (χ2v) is 5.37. The minimum Gasteiger partial charge on any atom is -0.396 e. The van der Waals surface area contributed by atoms with Crippen LogP contribution < -0.4 is 5.32 Å². The molecule has 1 aromatic rings. The van der Waals surface area contributed by atoms with Crippen LogP contribution >= 0.6 is 0 Å². The Hall–Kier alpha value is -1.63. The maximum Gasteiger partial charge on any atom is 0.333 e. The van der Waals surface area contributed by atoms with Gasteiger partial charge in [0.05, 0.1) is 4.92 Å². The van der Waals surface area contributed by atoms with Gasteiger partial charge in [0.1, 0.15) is 5.69 Å². The Morgan fingerprint density at radius 1 is 1.53 bits per heavy atom. The molecule has 0 aliphatic carbocycles. The third-order valence-electron chi connectivity index (χ3n) is 3.13. The van der Waals surface area contributed by atoms with Gasteiger partial charge in [0, 0.05) is 20.2 Å². The van der Waals surface area contributed by atoms with Crippen molar-refractivity contribution in [3.05, 3.63) is 15.8 Å². The molecule has 7 heteroatoms. The first-order valence-corrected chi connectivity index (χ1v) is 6.37. The summed E-state index contributed by atoms with van der Waals surface area (Å²) >= 11 is 0. The summed E-state index contributed by atoms with van der Waals surface area (Å²) in [6.45, 7) is 6.48. The lowest BCUT2D eigenvalue weighted by molar-refractivity contribution is -0.384. The summed E-state index contributed by atoms with van der Waals surface area (Å²) in [5.41, 5.74) is 0.388. The van der Waals surface area contributed by atoms with Gasteiger partial charge >= 0.3 is 5.69 Å². The van der Waals surface area contributed by atoms with E-state index in [0.29, 0.717) is 30.9 Å². The van der Waals surface area contributed by atoms with Crippen LogP contribution in [0.2, 0.25) is 0 Å². The summed E-state index contributed by atoms with van der Waals surface area (Å²) in [4.78, 5) is 10.7. The van der Waals surface area contributed by atoms with E-state index in [1.165, 1.54) is 4.68 Å². The van der Waals surface area contributed by atoms with E-state index < -0.39 is 4.92 Å². The van der Waals surface area contributed by atoms with Crippen LogP contribution in [0, 0.1) is 15.5 Å². The Kier molecular flexibility index (Phi) is 4.88. The highest BCUT2D eigenvalue weighted by Gasteiger charge is 2.27. The van der Waals surface area contributed by atoms with Crippen molar-refractivity contribution in [2.45, 2.75) is 33.6 Å². The third kappa shape index (κ3) is 3.66. The summed E-state index contributed by atoms with van der Waals surface area (Å²) < 4.78 is 1.51. The monoisotopic (exact) mass is 270 g/mol. The first-order chi connectivity index (χ1) is 8.82. The number of aliphatic hydroxyl groups excluding tert-OH is 1. The van der Waals surface area contributed by atoms with Crippen molar-refractivity contribution in [2.24, 2.45) is 12.5 Å². The number of hydrogen-bond acceptors (Lipinski definition) is 5. The first kappa shape index (κ1) is 15.4. The summed E-state index contributed by atoms with van der Waals surface area (Å²) in [5, 5.41) is 27.4. The predicted molar refractivity (Wildman–Crippen MR) is 73.2 cm³/mol. The summed E-state index contributed by atoms with van der Waals surface area (Å²) in [6.07, 6.45) is 1.15. The maximum atomic E-state index is 11.1. The smallest absolute Gasteiger partial charge is 0.333 e.